The lowest BCUT2D eigenvalue weighted by Gasteiger charge is -2.27. The molecule has 2 aliphatic rings. The molecule has 0 unspecified atom stereocenters. The smallest absolute Gasteiger partial charge is 0.227 e. The number of aliphatic imine (C=N–C) groups is 1. The molecule has 0 radical (unpaired) electrons. The van der Waals surface area contributed by atoms with Crippen LogP contribution in [-0.4, -0.2) is 50.6 Å². The average molecular weight is 514 g/mol. The number of hydrogen-bond acceptors (Lipinski definition) is 3. The van der Waals surface area contributed by atoms with Gasteiger partial charge in [0, 0.05) is 52.0 Å². The summed E-state index contributed by atoms with van der Waals surface area (Å²) in [6.07, 6.45) is 6.71. The number of carbonyl (C=O) groups excluding carboxylic acids is 1. The van der Waals surface area contributed by atoms with Crippen molar-refractivity contribution in [3.05, 3.63) is 29.8 Å². The number of amides is 1. The fourth-order valence-electron chi connectivity index (χ4n) is 3.76. The monoisotopic (exact) mass is 514 g/mol. The van der Waals surface area contributed by atoms with Crippen LogP contribution in [0.5, 0.6) is 0 Å². The molecule has 1 aliphatic heterocycles. The fourth-order valence-corrected chi connectivity index (χ4v) is 3.76. The molecular formula is C22H35IN4O2. The topological polar surface area (TPSA) is 66.0 Å². The molecule has 3 rings (SSSR count). The maximum Gasteiger partial charge on any atom is 0.227 e. The van der Waals surface area contributed by atoms with E-state index in [1.54, 1.807) is 0 Å². The number of benzene rings is 1. The molecule has 1 saturated carbocycles. The Morgan fingerprint density at radius 3 is 2.66 bits per heavy atom. The lowest BCUT2D eigenvalue weighted by Crippen LogP contribution is -2.39. The number of carbonyl (C=O) groups is 1. The van der Waals surface area contributed by atoms with E-state index in [9.17, 15) is 4.79 Å². The summed E-state index contributed by atoms with van der Waals surface area (Å²) in [6, 6.07) is 8.06. The first-order chi connectivity index (χ1) is 13.7. The van der Waals surface area contributed by atoms with Gasteiger partial charge in [-0.15, -0.1) is 24.0 Å². The summed E-state index contributed by atoms with van der Waals surface area (Å²) >= 11 is 0. The van der Waals surface area contributed by atoms with Crippen LogP contribution >= 0.6 is 24.0 Å². The van der Waals surface area contributed by atoms with E-state index in [-0.39, 0.29) is 35.8 Å². The van der Waals surface area contributed by atoms with Crippen LogP contribution in [0.2, 0.25) is 0 Å². The first kappa shape index (κ1) is 23.9. The first-order valence-corrected chi connectivity index (χ1v) is 10.5. The normalized spacial score (nSPS) is 17.8. The SMILES string of the molecule is CN=C(NCc1cccc(NC(=O)C2CCC2)c1)N(C)CCC1CCOCC1.I. The van der Waals surface area contributed by atoms with Crippen LogP contribution in [0.3, 0.4) is 0 Å². The molecule has 0 spiro atoms. The summed E-state index contributed by atoms with van der Waals surface area (Å²) in [4.78, 5) is 18.8. The Morgan fingerprint density at radius 2 is 2.00 bits per heavy atom. The molecule has 162 valence electrons. The van der Waals surface area contributed by atoms with Crippen LogP contribution in [-0.2, 0) is 16.1 Å². The van der Waals surface area contributed by atoms with E-state index in [1.165, 1.54) is 25.7 Å². The van der Waals surface area contributed by atoms with Gasteiger partial charge in [-0.2, -0.15) is 0 Å². The number of halogens is 1. The number of rotatable bonds is 7. The Hall–Kier alpha value is -1.35. The van der Waals surface area contributed by atoms with Crippen molar-refractivity contribution in [2.75, 3.05) is 39.2 Å². The predicted molar refractivity (Wildman–Crippen MR) is 129 cm³/mol. The van der Waals surface area contributed by atoms with Crippen molar-refractivity contribution in [3.8, 4) is 0 Å². The molecule has 0 aromatic heterocycles. The summed E-state index contributed by atoms with van der Waals surface area (Å²) in [5.41, 5.74) is 2.00. The molecule has 1 saturated heterocycles. The van der Waals surface area contributed by atoms with Gasteiger partial charge in [0.1, 0.15) is 0 Å². The van der Waals surface area contributed by atoms with Gasteiger partial charge in [-0.25, -0.2) is 0 Å². The number of nitrogens with zero attached hydrogens (tertiary/aromatic N) is 2. The Bertz CT molecular complexity index is 673. The van der Waals surface area contributed by atoms with Crippen LogP contribution < -0.4 is 10.6 Å². The number of nitrogens with one attached hydrogen (secondary N) is 2. The number of anilines is 1. The molecule has 0 atom stereocenters. The van der Waals surface area contributed by atoms with E-state index in [4.69, 9.17) is 4.74 Å². The van der Waals surface area contributed by atoms with Crippen LogP contribution in [0.4, 0.5) is 5.69 Å². The summed E-state index contributed by atoms with van der Waals surface area (Å²) in [7, 11) is 3.91. The molecule has 1 aliphatic carbocycles. The van der Waals surface area contributed by atoms with Crippen molar-refractivity contribution in [1.82, 2.24) is 10.2 Å². The highest BCUT2D eigenvalue weighted by Gasteiger charge is 2.25. The highest BCUT2D eigenvalue weighted by Crippen LogP contribution is 2.27. The zero-order chi connectivity index (χ0) is 19.8. The second-order valence-corrected chi connectivity index (χ2v) is 7.98. The van der Waals surface area contributed by atoms with Gasteiger partial charge in [0.25, 0.3) is 0 Å². The van der Waals surface area contributed by atoms with Crippen molar-refractivity contribution in [3.63, 3.8) is 0 Å². The minimum Gasteiger partial charge on any atom is -0.381 e. The van der Waals surface area contributed by atoms with Gasteiger partial charge in [-0.05, 0) is 55.7 Å². The quantitative estimate of drug-likeness (QED) is 0.330. The highest BCUT2D eigenvalue weighted by molar-refractivity contribution is 14.0. The van der Waals surface area contributed by atoms with Crippen LogP contribution in [0, 0.1) is 11.8 Å². The van der Waals surface area contributed by atoms with Gasteiger partial charge >= 0.3 is 0 Å². The molecule has 0 bridgehead atoms. The van der Waals surface area contributed by atoms with Gasteiger partial charge in [0.15, 0.2) is 5.96 Å². The zero-order valence-corrected chi connectivity index (χ0v) is 20.0. The fraction of sp³-hybridized carbons (Fsp3) is 0.636. The molecule has 29 heavy (non-hydrogen) atoms. The summed E-state index contributed by atoms with van der Waals surface area (Å²) in [6.45, 7) is 3.47. The van der Waals surface area contributed by atoms with Crippen molar-refractivity contribution in [1.29, 1.82) is 0 Å². The Morgan fingerprint density at radius 1 is 1.24 bits per heavy atom. The maximum atomic E-state index is 12.1. The molecule has 1 heterocycles. The van der Waals surface area contributed by atoms with E-state index in [1.807, 2.05) is 25.2 Å². The molecule has 1 aromatic carbocycles. The summed E-state index contributed by atoms with van der Waals surface area (Å²) < 4.78 is 5.44. The molecule has 2 N–H and O–H groups in total. The van der Waals surface area contributed by atoms with Crippen molar-refractivity contribution < 1.29 is 9.53 Å². The van der Waals surface area contributed by atoms with Crippen LogP contribution in [0.25, 0.3) is 0 Å². The standard InChI is InChI=1S/C22H34N4O2.HI/c1-23-22(26(2)12-9-17-10-13-28-14-11-17)24-16-18-5-3-8-20(15-18)25-21(27)19-6-4-7-19;/h3,5,8,15,17,19H,4,6-7,9-14,16H2,1-2H3,(H,23,24)(H,25,27);1H. The molecule has 2 fully saturated rings. The van der Waals surface area contributed by atoms with Gasteiger partial charge in [-0.1, -0.05) is 18.6 Å². The third-order valence-corrected chi connectivity index (χ3v) is 5.91. The minimum absolute atomic E-state index is 0. The lowest BCUT2D eigenvalue weighted by molar-refractivity contribution is -0.122. The highest BCUT2D eigenvalue weighted by atomic mass is 127. The van der Waals surface area contributed by atoms with E-state index in [0.29, 0.717) is 6.54 Å². The third-order valence-electron chi connectivity index (χ3n) is 5.91. The minimum atomic E-state index is 0. The molecule has 1 aromatic rings. The first-order valence-electron chi connectivity index (χ1n) is 10.5. The van der Waals surface area contributed by atoms with E-state index >= 15 is 0 Å². The maximum absolute atomic E-state index is 12.1. The molecule has 6 nitrogen and oxygen atoms in total. The lowest BCUT2D eigenvalue weighted by atomic mass is 9.85. The predicted octanol–water partition coefficient (Wildman–Crippen LogP) is 3.87. The van der Waals surface area contributed by atoms with Gasteiger partial charge in [0.2, 0.25) is 5.91 Å². The number of ether oxygens (including phenoxy) is 1. The average Bonchev–Trinajstić information content (AvgIpc) is 2.66. The second kappa shape index (κ2) is 12.4. The Kier molecular flexibility index (Phi) is 10.2. The molecule has 1 amide bonds. The molecular weight excluding hydrogens is 479 g/mol. The van der Waals surface area contributed by atoms with Crippen LogP contribution in [0.1, 0.15) is 44.1 Å². The van der Waals surface area contributed by atoms with Gasteiger partial charge < -0.3 is 20.3 Å². The third kappa shape index (κ3) is 7.44. The molecule has 7 heteroatoms. The van der Waals surface area contributed by atoms with Gasteiger partial charge in [-0.3, -0.25) is 9.79 Å². The zero-order valence-electron chi connectivity index (χ0n) is 17.7. The summed E-state index contributed by atoms with van der Waals surface area (Å²) in [5, 5.41) is 6.49. The van der Waals surface area contributed by atoms with E-state index < -0.39 is 0 Å². The number of guanidine groups is 1. The Balaban J connectivity index is 0.00000300. The van der Waals surface area contributed by atoms with Crippen molar-refractivity contribution in [2.45, 2.75) is 45.1 Å². The van der Waals surface area contributed by atoms with Crippen molar-refractivity contribution in [2.24, 2.45) is 16.8 Å². The number of hydrogen-bond donors (Lipinski definition) is 2. The summed E-state index contributed by atoms with van der Waals surface area (Å²) in [5.74, 6) is 2.01. The van der Waals surface area contributed by atoms with E-state index in [2.05, 4.69) is 33.6 Å². The Labute approximate surface area is 191 Å². The van der Waals surface area contributed by atoms with E-state index in [0.717, 1.165) is 55.7 Å². The largest absolute Gasteiger partial charge is 0.381 e. The second-order valence-electron chi connectivity index (χ2n) is 7.98. The van der Waals surface area contributed by atoms with Gasteiger partial charge in [0.05, 0.1) is 0 Å². The van der Waals surface area contributed by atoms with Crippen molar-refractivity contribution >= 4 is 41.5 Å². The van der Waals surface area contributed by atoms with Crippen LogP contribution in [0.15, 0.2) is 29.3 Å².